The molecule has 14 heavy (non-hydrogen) atoms. The molecule has 82 valence electrons. The highest BCUT2D eigenvalue weighted by atomic mass is 16.5. The number of ether oxygens (including phenoxy) is 1. The molecule has 5 nitrogen and oxygen atoms in total. The van der Waals surface area contributed by atoms with E-state index in [-0.39, 0.29) is 24.3 Å². The van der Waals surface area contributed by atoms with Crippen LogP contribution in [0.5, 0.6) is 0 Å². The minimum Gasteiger partial charge on any atom is -0.469 e. The Labute approximate surface area is 84.4 Å². The summed E-state index contributed by atoms with van der Waals surface area (Å²) >= 11 is 0. The maximum Gasteiger partial charge on any atom is 0.310 e. The first-order valence-electron chi connectivity index (χ1n) is 4.49. The zero-order valence-electron chi connectivity index (χ0n) is 9.16. The summed E-state index contributed by atoms with van der Waals surface area (Å²) in [5.41, 5.74) is 0. The van der Waals surface area contributed by atoms with Gasteiger partial charge in [-0.3, -0.25) is 9.59 Å². The Hall–Kier alpha value is -1.10. The predicted octanol–water partition coefficient (Wildman–Crippen LogP) is -0.527. The number of nitrogens with zero attached hydrogens (tertiary/aromatic N) is 1. The van der Waals surface area contributed by atoms with E-state index in [0.29, 0.717) is 6.54 Å². The number of likely N-dealkylation sites (N-methyl/N-ethyl adjacent to an activating group) is 2. The van der Waals surface area contributed by atoms with Gasteiger partial charge in [-0.25, -0.2) is 0 Å². The molecule has 0 aromatic carbocycles. The lowest BCUT2D eigenvalue weighted by Crippen LogP contribution is -2.38. The van der Waals surface area contributed by atoms with Gasteiger partial charge in [0.2, 0.25) is 5.91 Å². The third-order valence-electron chi connectivity index (χ3n) is 1.91. The lowest BCUT2D eigenvalue weighted by Gasteiger charge is -2.19. The zero-order chi connectivity index (χ0) is 11.1. The monoisotopic (exact) mass is 202 g/mol. The van der Waals surface area contributed by atoms with Crippen LogP contribution in [0.1, 0.15) is 6.92 Å². The third kappa shape index (κ3) is 4.23. The van der Waals surface area contributed by atoms with Gasteiger partial charge in [0.1, 0.15) is 0 Å². The third-order valence-corrected chi connectivity index (χ3v) is 1.91. The van der Waals surface area contributed by atoms with E-state index in [4.69, 9.17) is 0 Å². The zero-order valence-corrected chi connectivity index (χ0v) is 9.16. The second-order valence-corrected chi connectivity index (χ2v) is 3.23. The summed E-state index contributed by atoms with van der Waals surface area (Å²) < 4.78 is 4.56. The van der Waals surface area contributed by atoms with Gasteiger partial charge >= 0.3 is 5.97 Å². The highest BCUT2D eigenvalue weighted by molar-refractivity contribution is 5.79. The molecule has 0 saturated carbocycles. The molecule has 5 heteroatoms. The summed E-state index contributed by atoms with van der Waals surface area (Å²) in [7, 11) is 4.71. The van der Waals surface area contributed by atoms with E-state index in [1.807, 2.05) is 0 Å². The highest BCUT2D eigenvalue weighted by Gasteiger charge is 2.17. The van der Waals surface area contributed by atoms with E-state index >= 15 is 0 Å². The average Bonchev–Trinajstić information content (AvgIpc) is 2.16. The van der Waals surface area contributed by atoms with E-state index < -0.39 is 0 Å². The molecule has 0 fully saturated rings. The molecule has 0 bridgehead atoms. The number of methoxy groups -OCH3 is 1. The lowest BCUT2D eigenvalue weighted by atomic mass is 10.2. The number of hydrogen-bond acceptors (Lipinski definition) is 4. The Morgan fingerprint density at radius 1 is 1.50 bits per heavy atom. The highest BCUT2D eigenvalue weighted by Crippen LogP contribution is 2.00. The van der Waals surface area contributed by atoms with Gasteiger partial charge in [0.25, 0.3) is 0 Å². The standard InChI is InChI=1S/C9H18N2O3/c1-7(9(13)14-4)6-11(3)8(12)5-10-2/h7,10H,5-6H2,1-4H3. The molecule has 0 spiro atoms. The van der Waals surface area contributed by atoms with Crippen LogP contribution in [0.4, 0.5) is 0 Å². The summed E-state index contributed by atoms with van der Waals surface area (Å²) in [5.74, 6) is -0.622. The van der Waals surface area contributed by atoms with Gasteiger partial charge in [-0.1, -0.05) is 6.92 Å². The fourth-order valence-corrected chi connectivity index (χ4v) is 1.07. The van der Waals surface area contributed by atoms with E-state index in [1.165, 1.54) is 12.0 Å². The molecule has 0 saturated heterocycles. The SMILES string of the molecule is CNCC(=O)N(C)CC(C)C(=O)OC. The Bertz CT molecular complexity index is 206. The van der Waals surface area contributed by atoms with Crippen molar-refractivity contribution in [1.82, 2.24) is 10.2 Å². The van der Waals surface area contributed by atoms with Crippen LogP contribution < -0.4 is 5.32 Å². The molecule has 0 rings (SSSR count). The Morgan fingerprint density at radius 3 is 2.50 bits per heavy atom. The first-order chi connectivity index (χ1) is 6.52. The van der Waals surface area contributed by atoms with E-state index in [1.54, 1.807) is 21.0 Å². The molecule has 0 aliphatic heterocycles. The number of nitrogens with one attached hydrogen (secondary N) is 1. The molecular formula is C9H18N2O3. The summed E-state index contributed by atoms with van der Waals surface area (Å²) in [5, 5.41) is 2.76. The molecule has 1 unspecified atom stereocenters. The van der Waals surface area contributed by atoms with Crippen molar-refractivity contribution in [2.45, 2.75) is 6.92 Å². The molecule has 0 heterocycles. The van der Waals surface area contributed by atoms with Crippen LogP contribution >= 0.6 is 0 Å². The largest absolute Gasteiger partial charge is 0.469 e. The van der Waals surface area contributed by atoms with E-state index in [2.05, 4.69) is 10.1 Å². The van der Waals surface area contributed by atoms with E-state index in [9.17, 15) is 9.59 Å². The average molecular weight is 202 g/mol. The topological polar surface area (TPSA) is 58.6 Å². The molecule has 0 aromatic rings. The van der Waals surface area contributed by atoms with Crippen molar-refractivity contribution in [3.8, 4) is 0 Å². The van der Waals surface area contributed by atoms with Crippen LogP contribution in [-0.2, 0) is 14.3 Å². The van der Waals surface area contributed by atoms with Crippen LogP contribution in [0.3, 0.4) is 0 Å². The van der Waals surface area contributed by atoms with Crippen molar-refractivity contribution in [2.75, 3.05) is 34.3 Å². The van der Waals surface area contributed by atoms with Crippen molar-refractivity contribution in [2.24, 2.45) is 5.92 Å². The minimum atomic E-state index is -0.297. The van der Waals surface area contributed by atoms with Crippen LogP contribution in [0.15, 0.2) is 0 Å². The number of rotatable bonds is 5. The van der Waals surface area contributed by atoms with Crippen molar-refractivity contribution < 1.29 is 14.3 Å². The van der Waals surface area contributed by atoms with Gasteiger partial charge in [0.05, 0.1) is 19.6 Å². The smallest absolute Gasteiger partial charge is 0.310 e. The van der Waals surface area contributed by atoms with Crippen LogP contribution in [0.2, 0.25) is 0 Å². The Kier molecular flexibility index (Phi) is 5.87. The fraction of sp³-hybridized carbons (Fsp3) is 0.778. The quantitative estimate of drug-likeness (QED) is 0.609. The number of carbonyl (C=O) groups excluding carboxylic acids is 2. The summed E-state index contributed by atoms with van der Waals surface area (Å²) in [6.07, 6.45) is 0. The first kappa shape index (κ1) is 12.9. The molecule has 0 radical (unpaired) electrons. The fourth-order valence-electron chi connectivity index (χ4n) is 1.07. The van der Waals surface area contributed by atoms with Gasteiger partial charge < -0.3 is 15.0 Å². The maximum absolute atomic E-state index is 11.3. The number of carbonyl (C=O) groups is 2. The molecule has 1 amide bonds. The van der Waals surface area contributed by atoms with Crippen molar-refractivity contribution >= 4 is 11.9 Å². The molecular weight excluding hydrogens is 184 g/mol. The normalized spacial score (nSPS) is 12.0. The minimum absolute atomic E-state index is 0.0387. The number of esters is 1. The van der Waals surface area contributed by atoms with Gasteiger partial charge in [-0.05, 0) is 7.05 Å². The first-order valence-corrected chi connectivity index (χ1v) is 4.49. The second kappa shape index (κ2) is 6.37. The number of hydrogen-bond donors (Lipinski definition) is 1. The second-order valence-electron chi connectivity index (χ2n) is 3.23. The van der Waals surface area contributed by atoms with Crippen molar-refractivity contribution in [1.29, 1.82) is 0 Å². The number of amides is 1. The Morgan fingerprint density at radius 2 is 2.07 bits per heavy atom. The van der Waals surface area contributed by atoms with Crippen LogP contribution in [-0.4, -0.2) is 51.1 Å². The van der Waals surface area contributed by atoms with Crippen molar-refractivity contribution in [3.63, 3.8) is 0 Å². The Balaban J connectivity index is 3.98. The summed E-state index contributed by atoms with van der Waals surface area (Å²) in [6, 6.07) is 0. The summed E-state index contributed by atoms with van der Waals surface area (Å²) in [4.78, 5) is 23.9. The molecule has 1 atom stereocenters. The van der Waals surface area contributed by atoms with Gasteiger partial charge in [0, 0.05) is 13.6 Å². The molecule has 1 N–H and O–H groups in total. The van der Waals surface area contributed by atoms with Crippen LogP contribution in [0.25, 0.3) is 0 Å². The van der Waals surface area contributed by atoms with E-state index in [0.717, 1.165) is 0 Å². The van der Waals surface area contributed by atoms with Crippen LogP contribution in [0, 0.1) is 5.92 Å². The maximum atomic E-state index is 11.3. The molecule has 0 aliphatic carbocycles. The van der Waals surface area contributed by atoms with Crippen molar-refractivity contribution in [3.05, 3.63) is 0 Å². The lowest BCUT2D eigenvalue weighted by molar-refractivity contribution is -0.146. The molecule has 0 aromatic heterocycles. The van der Waals surface area contributed by atoms with Gasteiger partial charge in [-0.2, -0.15) is 0 Å². The molecule has 0 aliphatic rings. The van der Waals surface area contributed by atoms with Gasteiger partial charge in [-0.15, -0.1) is 0 Å². The van der Waals surface area contributed by atoms with Gasteiger partial charge in [0.15, 0.2) is 0 Å². The summed E-state index contributed by atoms with van der Waals surface area (Å²) in [6.45, 7) is 2.40. The predicted molar refractivity (Wildman–Crippen MR) is 52.7 cm³/mol.